The van der Waals surface area contributed by atoms with Crippen molar-refractivity contribution in [2.24, 2.45) is 0 Å². The molecule has 0 bridgehead atoms. The molecule has 3 aromatic carbocycles. The Balaban J connectivity index is 0.000000271. The Bertz CT molecular complexity index is 1200. The van der Waals surface area contributed by atoms with Gasteiger partial charge in [-0.05, 0) is 30.2 Å². The number of rotatable bonds is 6. The van der Waals surface area contributed by atoms with Crippen LogP contribution in [0.3, 0.4) is 0 Å². The molecular weight excluding hydrogens is 459 g/mol. The van der Waals surface area contributed by atoms with Gasteiger partial charge in [-0.15, -0.1) is 0 Å². The lowest BCUT2D eigenvalue weighted by molar-refractivity contribution is -0.134. The largest absolute Gasteiger partial charge is 0.465 e. The zero-order valence-electron chi connectivity index (χ0n) is 20.6. The first-order valence-corrected chi connectivity index (χ1v) is 10.8. The van der Waals surface area contributed by atoms with Crippen LogP contribution in [-0.4, -0.2) is 31.9 Å². The summed E-state index contributed by atoms with van der Waals surface area (Å²) < 4.78 is 22.0. The molecule has 0 aliphatic heterocycles. The lowest BCUT2D eigenvalue weighted by Crippen LogP contribution is -2.03. The molecule has 0 atom stereocenters. The summed E-state index contributed by atoms with van der Waals surface area (Å²) in [6.07, 6.45) is 3.37. The monoisotopic (exact) mass is 488 g/mol. The Morgan fingerprint density at radius 3 is 1.69 bits per heavy atom. The fourth-order valence-electron chi connectivity index (χ4n) is 2.60. The van der Waals surface area contributed by atoms with E-state index in [9.17, 15) is 18.8 Å². The minimum atomic E-state index is -0.620. The molecule has 0 saturated carbocycles. The maximum atomic E-state index is 13.1. The van der Waals surface area contributed by atoms with Gasteiger partial charge in [-0.2, -0.15) is 0 Å². The third-order valence-electron chi connectivity index (χ3n) is 4.49. The van der Waals surface area contributed by atoms with Crippen molar-refractivity contribution in [2.75, 3.05) is 14.2 Å². The van der Waals surface area contributed by atoms with E-state index >= 15 is 0 Å². The second-order valence-electron chi connectivity index (χ2n) is 7.14. The van der Waals surface area contributed by atoms with Crippen LogP contribution < -0.4 is 0 Å². The molecule has 0 fully saturated rings. The third kappa shape index (κ3) is 10.6. The van der Waals surface area contributed by atoms with E-state index in [0.717, 1.165) is 11.1 Å². The van der Waals surface area contributed by atoms with E-state index in [0.29, 0.717) is 5.57 Å². The van der Waals surface area contributed by atoms with Gasteiger partial charge in [0.2, 0.25) is 0 Å². The summed E-state index contributed by atoms with van der Waals surface area (Å²) in [7, 11) is 2.57. The van der Waals surface area contributed by atoms with Gasteiger partial charge in [0.15, 0.2) is 5.78 Å². The van der Waals surface area contributed by atoms with Gasteiger partial charge in [0.25, 0.3) is 0 Å². The van der Waals surface area contributed by atoms with Gasteiger partial charge in [-0.25, -0.2) is 14.0 Å². The number of carbonyl (C=O) groups excluding carboxylic acids is 3. The average molecular weight is 489 g/mol. The van der Waals surface area contributed by atoms with Crippen LogP contribution in [-0.2, 0) is 23.9 Å². The smallest absolute Gasteiger partial charge is 0.337 e. The Kier molecular flexibility index (Phi) is 13.2. The summed E-state index contributed by atoms with van der Waals surface area (Å²) in [5, 5.41) is 0. The second kappa shape index (κ2) is 16.1. The number of benzene rings is 3. The van der Waals surface area contributed by atoms with Crippen molar-refractivity contribution in [2.45, 2.75) is 6.92 Å². The SMILES string of the molecule is C=C(C(=O)OC)c1ccccc1.C=C(C(=O)OC)c1ccccc1F.CC(=O)/C=C/c1ccccc1. The maximum Gasteiger partial charge on any atom is 0.337 e. The number of esters is 2. The van der Waals surface area contributed by atoms with Crippen LogP contribution in [0, 0.1) is 5.82 Å². The Morgan fingerprint density at radius 2 is 1.19 bits per heavy atom. The summed E-state index contributed by atoms with van der Waals surface area (Å²) in [5.74, 6) is -1.40. The molecule has 0 aliphatic carbocycles. The van der Waals surface area contributed by atoms with Gasteiger partial charge in [0, 0.05) is 5.56 Å². The van der Waals surface area contributed by atoms with Crippen molar-refractivity contribution in [3.63, 3.8) is 0 Å². The molecule has 0 heterocycles. The van der Waals surface area contributed by atoms with E-state index in [2.05, 4.69) is 22.6 Å². The van der Waals surface area contributed by atoms with E-state index in [-0.39, 0.29) is 22.9 Å². The molecule has 36 heavy (non-hydrogen) atoms. The van der Waals surface area contributed by atoms with Gasteiger partial charge < -0.3 is 9.47 Å². The summed E-state index contributed by atoms with van der Waals surface area (Å²) in [4.78, 5) is 32.5. The molecule has 0 aliphatic rings. The zero-order valence-corrected chi connectivity index (χ0v) is 20.6. The number of methoxy groups -OCH3 is 2. The highest BCUT2D eigenvalue weighted by atomic mass is 19.1. The lowest BCUT2D eigenvalue weighted by atomic mass is 10.1. The fraction of sp³-hybridized carbons (Fsp3) is 0.100. The van der Waals surface area contributed by atoms with Crippen LogP contribution in [0.2, 0.25) is 0 Å². The first-order valence-electron chi connectivity index (χ1n) is 10.8. The van der Waals surface area contributed by atoms with Gasteiger partial charge in [0.05, 0.1) is 25.4 Å². The number of hydrogen-bond donors (Lipinski definition) is 0. The first kappa shape index (κ1) is 29.5. The molecule has 186 valence electrons. The van der Waals surface area contributed by atoms with E-state index in [4.69, 9.17) is 0 Å². The first-order chi connectivity index (χ1) is 17.2. The fourth-order valence-corrected chi connectivity index (χ4v) is 2.60. The summed E-state index contributed by atoms with van der Waals surface area (Å²) in [6, 6.07) is 24.9. The Hall–Kier alpha value is -4.58. The topological polar surface area (TPSA) is 69.7 Å². The predicted octanol–water partition coefficient (Wildman–Crippen LogP) is 6.17. The van der Waals surface area contributed by atoms with Gasteiger partial charge >= 0.3 is 11.9 Å². The highest BCUT2D eigenvalue weighted by Crippen LogP contribution is 2.17. The van der Waals surface area contributed by atoms with Crippen LogP contribution in [0.1, 0.15) is 23.6 Å². The lowest BCUT2D eigenvalue weighted by Gasteiger charge is -2.03. The highest BCUT2D eigenvalue weighted by molar-refractivity contribution is 6.16. The van der Waals surface area contributed by atoms with Crippen LogP contribution in [0.4, 0.5) is 4.39 Å². The number of hydrogen-bond acceptors (Lipinski definition) is 5. The average Bonchev–Trinajstić information content (AvgIpc) is 2.92. The standard InChI is InChI=1S/C10H9FO2.C10H10O2.C10H10O/c1-7(10(12)13-2)8-5-3-4-6-9(8)11;1-8(10(11)12-2)9-6-4-3-5-7-9;1-9(11)7-8-10-5-3-2-4-6-10/h3-6H,1H2,2H3;3-7H,1H2,2H3;2-8H,1H3/b;;8-7+. The molecule has 0 saturated heterocycles. The minimum Gasteiger partial charge on any atom is -0.465 e. The second-order valence-corrected chi connectivity index (χ2v) is 7.14. The molecule has 3 rings (SSSR count). The van der Waals surface area contributed by atoms with Gasteiger partial charge in [-0.3, -0.25) is 4.79 Å². The minimum absolute atomic E-state index is 0.0283. The molecule has 0 unspecified atom stereocenters. The van der Waals surface area contributed by atoms with Crippen LogP contribution in [0.5, 0.6) is 0 Å². The quantitative estimate of drug-likeness (QED) is 0.306. The summed E-state index contributed by atoms with van der Waals surface area (Å²) >= 11 is 0. The molecule has 5 nitrogen and oxygen atoms in total. The molecule has 0 radical (unpaired) electrons. The Morgan fingerprint density at radius 1 is 0.722 bits per heavy atom. The molecule has 0 aromatic heterocycles. The number of halogens is 1. The van der Waals surface area contributed by atoms with E-state index in [1.165, 1.54) is 26.4 Å². The van der Waals surface area contributed by atoms with Crippen molar-refractivity contribution in [3.8, 4) is 0 Å². The molecule has 0 N–H and O–H groups in total. The number of ketones is 1. The van der Waals surface area contributed by atoms with Crippen molar-refractivity contribution in [1.82, 2.24) is 0 Å². The van der Waals surface area contributed by atoms with Crippen LogP contribution in [0.15, 0.2) is 104 Å². The maximum absolute atomic E-state index is 13.1. The number of carbonyl (C=O) groups is 3. The normalized spacial score (nSPS) is 9.56. The third-order valence-corrected chi connectivity index (χ3v) is 4.49. The molecule has 3 aromatic rings. The van der Waals surface area contributed by atoms with E-state index < -0.39 is 11.8 Å². The summed E-state index contributed by atoms with van der Waals surface area (Å²) in [5.41, 5.74) is 2.44. The van der Waals surface area contributed by atoms with Gasteiger partial charge in [0.1, 0.15) is 5.82 Å². The van der Waals surface area contributed by atoms with Crippen molar-refractivity contribution in [1.29, 1.82) is 0 Å². The molecule has 0 amide bonds. The van der Waals surface area contributed by atoms with E-state index in [1.54, 1.807) is 25.1 Å². The van der Waals surface area contributed by atoms with Crippen molar-refractivity contribution >= 4 is 34.9 Å². The van der Waals surface area contributed by atoms with Crippen molar-refractivity contribution in [3.05, 3.63) is 127 Å². The number of ether oxygens (including phenoxy) is 2. The van der Waals surface area contributed by atoms with Crippen LogP contribution >= 0.6 is 0 Å². The Labute approximate surface area is 211 Å². The van der Waals surface area contributed by atoms with Gasteiger partial charge in [-0.1, -0.05) is 98.1 Å². The number of allylic oxidation sites excluding steroid dienone is 1. The molecular formula is C30H29FO5. The highest BCUT2D eigenvalue weighted by Gasteiger charge is 2.12. The van der Waals surface area contributed by atoms with E-state index in [1.807, 2.05) is 66.7 Å². The molecule has 6 heteroatoms. The van der Waals surface area contributed by atoms with Crippen molar-refractivity contribution < 1.29 is 28.2 Å². The zero-order chi connectivity index (χ0) is 26.9. The molecule has 0 spiro atoms. The van der Waals surface area contributed by atoms with Crippen LogP contribution in [0.25, 0.3) is 17.2 Å². The predicted molar refractivity (Wildman–Crippen MR) is 141 cm³/mol. The summed E-state index contributed by atoms with van der Waals surface area (Å²) in [6.45, 7) is 8.60.